The van der Waals surface area contributed by atoms with E-state index >= 15 is 0 Å². The number of carbonyl (C=O) groups is 1. The van der Waals surface area contributed by atoms with E-state index in [1.54, 1.807) is 14.0 Å². The maximum Gasteiger partial charge on any atom is 0.323 e. The zero-order valence-electron chi connectivity index (χ0n) is 14.5. The van der Waals surface area contributed by atoms with Gasteiger partial charge in [0.2, 0.25) is 0 Å². The van der Waals surface area contributed by atoms with Crippen molar-refractivity contribution in [3.8, 4) is 5.75 Å². The van der Waals surface area contributed by atoms with E-state index in [1.165, 1.54) is 0 Å². The zero-order chi connectivity index (χ0) is 17.5. The van der Waals surface area contributed by atoms with Crippen LogP contribution < -0.4 is 10.5 Å². The molecular weight excluding hydrogens is 308 g/mol. The molecule has 132 valence electrons. The van der Waals surface area contributed by atoms with Gasteiger partial charge in [-0.1, -0.05) is 6.92 Å². The molecule has 2 unspecified atom stereocenters. The van der Waals surface area contributed by atoms with Crippen LogP contribution in [-0.4, -0.2) is 43.9 Å². The molecule has 2 rings (SSSR count). The number of nitrogens with two attached hydrogens (primary N) is 1. The predicted molar refractivity (Wildman–Crippen MR) is 93.3 cm³/mol. The second-order valence-electron chi connectivity index (χ2n) is 5.64. The van der Waals surface area contributed by atoms with E-state index in [9.17, 15) is 4.79 Å². The van der Waals surface area contributed by atoms with Crippen LogP contribution in [0.3, 0.4) is 0 Å². The van der Waals surface area contributed by atoms with E-state index in [4.69, 9.17) is 19.9 Å². The summed E-state index contributed by atoms with van der Waals surface area (Å²) in [5.41, 5.74) is 8.02. The van der Waals surface area contributed by atoms with Gasteiger partial charge in [-0.2, -0.15) is 0 Å². The Morgan fingerprint density at radius 2 is 2.12 bits per heavy atom. The molecule has 3 N–H and O–H groups in total. The molecule has 6 nitrogen and oxygen atoms in total. The van der Waals surface area contributed by atoms with Gasteiger partial charge in [0.1, 0.15) is 11.8 Å². The van der Waals surface area contributed by atoms with Crippen molar-refractivity contribution in [2.75, 3.05) is 26.9 Å². The number of rotatable bonds is 9. The molecule has 2 atom stereocenters. The largest absolute Gasteiger partial charge is 0.494 e. The highest BCUT2D eigenvalue weighted by atomic mass is 16.5. The van der Waals surface area contributed by atoms with Crippen LogP contribution in [0.15, 0.2) is 24.4 Å². The summed E-state index contributed by atoms with van der Waals surface area (Å²) in [6, 6.07) is 5.07. The summed E-state index contributed by atoms with van der Waals surface area (Å²) in [5.74, 6) is 0.0718. The molecule has 0 saturated heterocycles. The van der Waals surface area contributed by atoms with Crippen molar-refractivity contribution < 1.29 is 19.0 Å². The van der Waals surface area contributed by atoms with E-state index < -0.39 is 12.0 Å². The number of H-pyrrole nitrogens is 1. The van der Waals surface area contributed by atoms with Crippen LogP contribution in [0.1, 0.15) is 31.7 Å². The summed E-state index contributed by atoms with van der Waals surface area (Å²) >= 11 is 0. The van der Waals surface area contributed by atoms with Crippen molar-refractivity contribution in [3.63, 3.8) is 0 Å². The molecule has 0 spiro atoms. The number of fused-ring (bicyclic) bond motifs is 1. The standard InChI is InChI=1S/C18H26N2O4/c1-4-8-24-12-6-7-16-13(9-12)14(10-20-16)15(11-22-3)17(19)18(21)23-5-2/h6-7,9-10,15,17,20H,4-5,8,11,19H2,1-3H3. The van der Waals surface area contributed by atoms with E-state index in [-0.39, 0.29) is 5.92 Å². The number of carbonyl (C=O) groups excluding carboxylic acids is 1. The number of hydrogen-bond donors (Lipinski definition) is 2. The third kappa shape index (κ3) is 4.07. The molecular formula is C18H26N2O4. The van der Waals surface area contributed by atoms with Gasteiger partial charge in [-0.3, -0.25) is 4.79 Å². The number of aromatic nitrogens is 1. The maximum absolute atomic E-state index is 12.1. The van der Waals surface area contributed by atoms with Gasteiger partial charge in [-0.25, -0.2) is 0 Å². The Morgan fingerprint density at radius 3 is 2.79 bits per heavy atom. The van der Waals surface area contributed by atoms with Crippen LogP contribution >= 0.6 is 0 Å². The first-order valence-electron chi connectivity index (χ1n) is 8.27. The molecule has 0 aliphatic rings. The van der Waals surface area contributed by atoms with Crippen LogP contribution in [0, 0.1) is 0 Å². The number of methoxy groups -OCH3 is 1. The van der Waals surface area contributed by atoms with Crippen molar-refractivity contribution in [2.24, 2.45) is 5.73 Å². The molecule has 0 saturated carbocycles. The van der Waals surface area contributed by atoms with Gasteiger partial charge in [0.05, 0.1) is 19.8 Å². The topological polar surface area (TPSA) is 86.6 Å². The molecule has 24 heavy (non-hydrogen) atoms. The monoisotopic (exact) mass is 334 g/mol. The smallest absolute Gasteiger partial charge is 0.323 e. The summed E-state index contributed by atoms with van der Waals surface area (Å²) in [4.78, 5) is 15.3. The molecule has 0 bridgehead atoms. The quantitative estimate of drug-likeness (QED) is 0.688. The lowest BCUT2D eigenvalue weighted by atomic mass is 9.92. The summed E-state index contributed by atoms with van der Waals surface area (Å²) in [7, 11) is 1.59. The van der Waals surface area contributed by atoms with Gasteiger partial charge in [0.15, 0.2) is 0 Å². The summed E-state index contributed by atoms with van der Waals surface area (Å²) in [6.07, 6.45) is 2.81. The Labute approximate surface area is 142 Å². The lowest BCUT2D eigenvalue weighted by Gasteiger charge is -2.21. The molecule has 0 aliphatic carbocycles. The highest BCUT2D eigenvalue weighted by Gasteiger charge is 2.29. The fourth-order valence-electron chi connectivity index (χ4n) is 2.71. The first-order chi connectivity index (χ1) is 11.6. The molecule has 1 aromatic heterocycles. The number of nitrogens with one attached hydrogen (secondary N) is 1. The van der Waals surface area contributed by atoms with Crippen LogP contribution in [0.2, 0.25) is 0 Å². The molecule has 0 fully saturated rings. The minimum atomic E-state index is -0.788. The maximum atomic E-state index is 12.1. The van der Waals surface area contributed by atoms with Crippen molar-refractivity contribution in [1.29, 1.82) is 0 Å². The molecule has 1 heterocycles. The summed E-state index contributed by atoms with van der Waals surface area (Å²) in [5, 5.41) is 0.977. The lowest BCUT2D eigenvalue weighted by Crippen LogP contribution is -2.40. The Morgan fingerprint density at radius 1 is 1.33 bits per heavy atom. The van der Waals surface area contributed by atoms with E-state index in [0.29, 0.717) is 19.8 Å². The number of esters is 1. The average Bonchev–Trinajstić information content (AvgIpc) is 3.00. The molecule has 2 aromatic rings. The van der Waals surface area contributed by atoms with Crippen molar-refractivity contribution in [3.05, 3.63) is 30.0 Å². The van der Waals surface area contributed by atoms with Gasteiger partial charge in [0.25, 0.3) is 0 Å². The lowest BCUT2D eigenvalue weighted by molar-refractivity contribution is -0.145. The number of benzene rings is 1. The van der Waals surface area contributed by atoms with E-state index in [1.807, 2.05) is 24.4 Å². The van der Waals surface area contributed by atoms with Crippen LogP contribution in [0.5, 0.6) is 5.75 Å². The van der Waals surface area contributed by atoms with Gasteiger partial charge in [-0.15, -0.1) is 0 Å². The van der Waals surface area contributed by atoms with Gasteiger partial charge in [0, 0.05) is 30.1 Å². The molecule has 6 heteroatoms. The second kappa shape index (κ2) is 8.70. The SMILES string of the molecule is CCCOc1ccc2[nH]cc(C(COC)C(N)C(=O)OCC)c2c1. The van der Waals surface area contributed by atoms with Crippen LogP contribution in [0.4, 0.5) is 0 Å². The first kappa shape index (κ1) is 18.3. The Hall–Kier alpha value is -2.05. The molecule has 1 aromatic carbocycles. The Bertz CT molecular complexity index is 668. The minimum absolute atomic E-state index is 0.301. The van der Waals surface area contributed by atoms with Gasteiger partial charge >= 0.3 is 5.97 Å². The Kier molecular flexibility index (Phi) is 6.63. The van der Waals surface area contributed by atoms with Gasteiger partial charge in [-0.05, 0) is 37.1 Å². The number of ether oxygens (including phenoxy) is 3. The minimum Gasteiger partial charge on any atom is -0.494 e. The number of hydrogen-bond acceptors (Lipinski definition) is 5. The van der Waals surface area contributed by atoms with E-state index in [2.05, 4.69) is 11.9 Å². The fraction of sp³-hybridized carbons (Fsp3) is 0.500. The van der Waals surface area contributed by atoms with Crippen LogP contribution in [-0.2, 0) is 14.3 Å². The highest BCUT2D eigenvalue weighted by Crippen LogP contribution is 2.31. The summed E-state index contributed by atoms with van der Waals surface area (Å²) in [6.45, 7) is 5.11. The third-order valence-electron chi connectivity index (χ3n) is 3.90. The summed E-state index contributed by atoms with van der Waals surface area (Å²) < 4.78 is 16.1. The normalized spacial score (nSPS) is 13.7. The fourth-order valence-corrected chi connectivity index (χ4v) is 2.71. The third-order valence-corrected chi connectivity index (χ3v) is 3.90. The number of aromatic amines is 1. The van der Waals surface area contributed by atoms with Crippen molar-refractivity contribution in [2.45, 2.75) is 32.2 Å². The second-order valence-corrected chi connectivity index (χ2v) is 5.64. The predicted octanol–water partition coefficient (Wildman–Crippen LogP) is 2.58. The van der Waals surface area contributed by atoms with Crippen LogP contribution in [0.25, 0.3) is 10.9 Å². The molecule has 0 radical (unpaired) electrons. The van der Waals surface area contributed by atoms with Crippen molar-refractivity contribution in [1.82, 2.24) is 4.98 Å². The van der Waals surface area contributed by atoms with E-state index in [0.717, 1.165) is 28.6 Å². The first-order valence-corrected chi connectivity index (χ1v) is 8.27. The van der Waals surface area contributed by atoms with Gasteiger partial charge < -0.3 is 24.9 Å². The molecule has 0 amide bonds. The molecule has 0 aliphatic heterocycles. The highest BCUT2D eigenvalue weighted by molar-refractivity contribution is 5.87. The van der Waals surface area contributed by atoms with Crippen molar-refractivity contribution >= 4 is 16.9 Å². The Balaban J connectivity index is 2.36. The zero-order valence-corrected chi connectivity index (χ0v) is 14.5. The average molecular weight is 334 g/mol.